The minimum atomic E-state index is -0.335. The first kappa shape index (κ1) is 18.6. The lowest BCUT2D eigenvalue weighted by Gasteiger charge is -2.12. The van der Waals surface area contributed by atoms with Gasteiger partial charge < -0.3 is 10.1 Å². The number of carbonyl (C=O) groups is 1. The average molecular weight is 387 g/mol. The highest BCUT2D eigenvalue weighted by Crippen LogP contribution is 2.28. The van der Waals surface area contributed by atoms with E-state index in [1.807, 2.05) is 61.0 Å². The predicted octanol–water partition coefficient (Wildman–Crippen LogP) is 4.35. The lowest BCUT2D eigenvalue weighted by molar-refractivity contribution is 0.0526. The number of benzene rings is 2. The molecular weight excluding hydrogens is 366 g/mol. The molecule has 0 atom stereocenters. The van der Waals surface area contributed by atoms with Crippen LogP contribution in [0.5, 0.6) is 0 Å². The third-order valence-electron chi connectivity index (χ3n) is 4.54. The highest BCUT2D eigenvalue weighted by Gasteiger charge is 2.14. The first-order valence-electron chi connectivity index (χ1n) is 9.40. The highest BCUT2D eigenvalue weighted by atomic mass is 16.5. The van der Waals surface area contributed by atoms with Gasteiger partial charge in [-0.15, -0.1) is 10.2 Å². The first-order valence-corrected chi connectivity index (χ1v) is 9.40. The summed E-state index contributed by atoms with van der Waals surface area (Å²) in [6.45, 7) is 6.08. The van der Waals surface area contributed by atoms with Crippen molar-refractivity contribution >= 4 is 28.2 Å². The molecule has 4 aromatic rings. The number of fused-ring (bicyclic) bond motifs is 1. The molecule has 146 valence electrons. The van der Waals surface area contributed by atoms with Gasteiger partial charge in [-0.3, -0.25) is 0 Å². The lowest BCUT2D eigenvalue weighted by Crippen LogP contribution is -2.07. The topological polar surface area (TPSA) is 81.9 Å². The fourth-order valence-electron chi connectivity index (χ4n) is 3.22. The Morgan fingerprint density at radius 1 is 1.03 bits per heavy atom. The van der Waals surface area contributed by atoms with E-state index >= 15 is 0 Å². The number of anilines is 2. The summed E-state index contributed by atoms with van der Waals surface area (Å²) in [6.07, 6.45) is 0. The van der Waals surface area contributed by atoms with Crippen LogP contribution in [0.25, 0.3) is 16.6 Å². The van der Waals surface area contributed by atoms with E-state index in [2.05, 4.69) is 20.6 Å². The number of rotatable bonds is 5. The summed E-state index contributed by atoms with van der Waals surface area (Å²) >= 11 is 0. The maximum absolute atomic E-state index is 11.8. The maximum Gasteiger partial charge on any atom is 0.338 e. The van der Waals surface area contributed by atoms with Crippen molar-refractivity contribution in [3.05, 3.63) is 71.5 Å². The van der Waals surface area contributed by atoms with Crippen molar-refractivity contribution in [1.82, 2.24) is 20.0 Å². The second kappa shape index (κ2) is 7.71. The molecule has 0 fully saturated rings. The maximum atomic E-state index is 11.8. The van der Waals surface area contributed by atoms with Gasteiger partial charge in [0.25, 0.3) is 0 Å². The Hall–Kier alpha value is -3.74. The number of carbonyl (C=O) groups excluding carboxylic acids is 1. The number of aryl methyl sites for hydroxylation is 2. The third-order valence-corrected chi connectivity index (χ3v) is 4.54. The molecule has 0 saturated heterocycles. The van der Waals surface area contributed by atoms with Crippen LogP contribution in [0.2, 0.25) is 0 Å². The van der Waals surface area contributed by atoms with Crippen LogP contribution in [0.3, 0.4) is 0 Å². The third kappa shape index (κ3) is 3.67. The molecule has 29 heavy (non-hydrogen) atoms. The quantitative estimate of drug-likeness (QED) is 0.513. The molecule has 7 heteroatoms. The van der Waals surface area contributed by atoms with Gasteiger partial charge in [0, 0.05) is 22.2 Å². The van der Waals surface area contributed by atoms with Crippen molar-refractivity contribution in [2.24, 2.45) is 0 Å². The zero-order valence-corrected chi connectivity index (χ0v) is 16.5. The van der Waals surface area contributed by atoms with Gasteiger partial charge in [-0.1, -0.05) is 24.3 Å². The number of nitrogens with zero attached hydrogens (tertiary/aromatic N) is 4. The van der Waals surface area contributed by atoms with Crippen LogP contribution < -0.4 is 5.32 Å². The summed E-state index contributed by atoms with van der Waals surface area (Å²) in [7, 11) is 0. The molecule has 0 radical (unpaired) electrons. The van der Waals surface area contributed by atoms with Crippen molar-refractivity contribution < 1.29 is 9.53 Å². The van der Waals surface area contributed by atoms with Gasteiger partial charge >= 0.3 is 5.97 Å². The van der Waals surface area contributed by atoms with Crippen LogP contribution in [0.4, 0.5) is 11.5 Å². The molecule has 4 rings (SSSR count). The van der Waals surface area contributed by atoms with E-state index in [0.717, 1.165) is 27.8 Å². The Bertz CT molecular complexity index is 1180. The van der Waals surface area contributed by atoms with Gasteiger partial charge in [-0.25, -0.2) is 9.48 Å². The fourth-order valence-corrected chi connectivity index (χ4v) is 3.22. The molecule has 0 aliphatic carbocycles. The zero-order chi connectivity index (χ0) is 20.4. The number of ether oxygens (including phenoxy) is 1. The highest BCUT2D eigenvalue weighted by molar-refractivity contribution is 5.97. The number of aromatic nitrogens is 4. The van der Waals surface area contributed by atoms with Crippen LogP contribution in [0.15, 0.2) is 54.6 Å². The molecule has 2 aromatic heterocycles. The lowest BCUT2D eigenvalue weighted by atomic mass is 10.1. The molecule has 0 unspecified atom stereocenters. The number of hydrogen-bond acceptors (Lipinski definition) is 6. The molecule has 1 N–H and O–H groups in total. The van der Waals surface area contributed by atoms with Crippen molar-refractivity contribution in [1.29, 1.82) is 0 Å². The van der Waals surface area contributed by atoms with Crippen LogP contribution in [0.1, 0.15) is 28.7 Å². The van der Waals surface area contributed by atoms with Gasteiger partial charge in [0.1, 0.15) is 0 Å². The fraction of sp³-hybridized carbons (Fsp3) is 0.182. The van der Waals surface area contributed by atoms with Crippen molar-refractivity contribution in [2.45, 2.75) is 20.8 Å². The Kier molecular flexibility index (Phi) is 4.95. The largest absolute Gasteiger partial charge is 0.462 e. The molecule has 0 bridgehead atoms. The standard InChI is InChI=1S/C22H21N5O2/c1-4-29-22(28)16-9-11-17(12-10-16)23-20-18-7-5-6-8-19(18)21(25-24-20)27-15(3)13-14(2)26-27/h5-13H,4H2,1-3H3,(H,23,24). The van der Waals surface area contributed by atoms with Crippen LogP contribution in [-0.2, 0) is 4.74 Å². The van der Waals surface area contributed by atoms with Crippen LogP contribution >= 0.6 is 0 Å². The van der Waals surface area contributed by atoms with E-state index < -0.39 is 0 Å². The number of esters is 1. The summed E-state index contributed by atoms with van der Waals surface area (Å²) in [5.74, 6) is 0.989. The second-order valence-electron chi connectivity index (χ2n) is 6.68. The number of hydrogen-bond donors (Lipinski definition) is 1. The van der Waals surface area contributed by atoms with Crippen molar-refractivity contribution in [3.63, 3.8) is 0 Å². The van der Waals surface area contributed by atoms with Crippen molar-refractivity contribution in [3.8, 4) is 5.82 Å². The summed E-state index contributed by atoms with van der Waals surface area (Å²) < 4.78 is 6.83. The minimum absolute atomic E-state index is 0.335. The summed E-state index contributed by atoms with van der Waals surface area (Å²) in [5, 5.41) is 18.5. The molecule has 0 spiro atoms. The minimum Gasteiger partial charge on any atom is -0.462 e. The van der Waals surface area contributed by atoms with E-state index in [0.29, 0.717) is 23.8 Å². The Labute approximate surface area is 168 Å². The smallest absolute Gasteiger partial charge is 0.338 e. The Morgan fingerprint density at radius 3 is 2.41 bits per heavy atom. The van der Waals surface area contributed by atoms with E-state index in [4.69, 9.17) is 4.74 Å². The summed E-state index contributed by atoms with van der Waals surface area (Å²) in [6, 6.07) is 17.0. The average Bonchev–Trinajstić information content (AvgIpc) is 3.07. The Balaban J connectivity index is 1.70. The van der Waals surface area contributed by atoms with Crippen LogP contribution in [-0.4, -0.2) is 32.6 Å². The summed E-state index contributed by atoms with van der Waals surface area (Å²) in [5.41, 5.74) is 3.24. The van der Waals surface area contributed by atoms with E-state index in [9.17, 15) is 4.79 Å². The monoisotopic (exact) mass is 387 g/mol. The Morgan fingerprint density at radius 2 is 1.76 bits per heavy atom. The van der Waals surface area contributed by atoms with Crippen molar-refractivity contribution in [2.75, 3.05) is 11.9 Å². The first-order chi connectivity index (χ1) is 14.1. The molecule has 0 saturated carbocycles. The van der Waals surface area contributed by atoms with Gasteiger partial charge in [-0.05, 0) is 51.1 Å². The molecule has 7 nitrogen and oxygen atoms in total. The normalized spacial score (nSPS) is 10.9. The molecule has 0 aliphatic heterocycles. The molecule has 2 heterocycles. The predicted molar refractivity (Wildman–Crippen MR) is 112 cm³/mol. The zero-order valence-electron chi connectivity index (χ0n) is 16.5. The summed E-state index contributed by atoms with van der Waals surface area (Å²) in [4.78, 5) is 11.8. The van der Waals surface area contributed by atoms with Gasteiger partial charge in [0.15, 0.2) is 11.6 Å². The molecular formula is C22H21N5O2. The van der Waals surface area contributed by atoms with E-state index in [1.165, 1.54) is 0 Å². The molecule has 2 aromatic carbocycles. The van der Waals surface area contributed by atoms with Crippen LogP contribution in [0, 0.1) is 13.8 Å². The second-order valence-corrected chi connectivity index (χ2v) is 6.68. The molecule has 0 amide bonds. The van der Waals surface area contributed by atoms with Gasteiger partial charge in [0.05, 0.1) is 17.9 Å². The number of nitrogens with one attached hydrogen (secondary N) is 1. The van der Waals surface area contributed by atoms with E-state index in [1.54, 1.807) is 19.1 Å². The SMILES string of the molecule is CCOC(=O)c1ccc(Nc2nnc(-n3nc(C)cc3C)c3ccccc23)cc1. The van der Waals surface area contributed by atoms with E-state index in [-0.39, 0.29) is 5.97 Å². The molecule has 0 aliphatic rings. The van der Waals surface area contributed by atoms with Gasteiger partial charge in [-0.2, -0.15) is 5.10 Å². The van der Waals surface area contributed by atoms with Gasteiger partial charge in [0.2, 0.25) is 0 Å².